The molecule has 0 amide bonds. The van der Waals surface area contributed by atoms with Crippen LogP contribution in [0.15, 0.2) is 69.6 Å². The summed E-state index contributed by atoms with van der Waals surface area (Å²) < 4.78 is 2.19. The summed E-state index contributed by atoms with van der Waals surface area (Å²) in [5.74, 6) is 0. The van der Waals surface area contributed by atoms with Crippen LogP contribution in [0.4, 0.5) is 0 Å². The molecule has 0 bridgehead atoms. The van der Waals surface area contributed by atoms with Crippen LogP contribution in [0.25, 0.3) is 12.2 Å². The van der Waals surface area contributed by atoms with Crippen molar-refractivity contribution in [2.24, 2.45) is 0 Å². The Bertz CT molecular complexity index is 531. The molecule has 0 radical (unpaired) electrons. The number of aliphatic hydroxyl groups excluding tert-OH is 1. The normalized spacial score (nSPS) is 10.7. The fourth-order valence-corrected chi connectivity index (χ4v) is 2.23. The van der Waals surface area contributed by atoms with E-state index in [0.29, 0.717) is 0 Å². The van der Waals surface area contributed by atoms with Gasteiger partial charge in [-0.1, -0.05) is 96.4 Å². The second kappa shape index (κ2) is 11.8. The smallest absolute Gasteiger partial charge is 0.0615 e. The summed E-state index contributed by atoms with van der Waals surface area (Å²) in [4.78, 5) is 0. The molecular weight excluding hydrogens is 472 g/mol. The van der Waals surface area contributed by atoms with E-state index in [2.05, 4.69) is 72.1 Å². The van der Waals surface area contributed by atoms with E-state index in [0.717, 1.165) is 19.8 Å². The lowest BCUT2D eigenvalue weighted by Gasteiger charge is -1.91. The van der Waals surface area contributed by atoms with E-state index in [1.807, 2.05) is 42.5 Å². The molecule has 0 atom stereocenters. The minimum absolute atomic E-state index is 0.0933. The average Bonchev–Trinajstić information content (AvgIpc) is 2.54. The van der Waals surface area contributed by atoms with Crippen molar-refractivity contribution >= 4 is 59.9 Å². The summed E-state index contributed by atoms with van der Waals surface area (Å²) in [6, 6.07) is 16.1. The second-order valence-corrected chi connectivity index (χ2v) is 6.72. The molecular formula is C18H17Br3O. The summed E-state index contributed by atoms with van der Waals surface area (Å²) in [5.41, 5.74) is 2.33. The third-order valence-electron chi connectivity index (χ3n) is 2.56. The van der Waals surface area contributed by atoms with E-state index in [4.69, 9.17) is 5.11 Å². The minimum Gasteiger partial charge on any atom is -0.392 e. The quantitative estimate of drug-likeness (QED) is 0.500. The number of hydrogen-bond acceptors (Lipinski definition) is 1. The van der Waals surface area contributed by atoms with Gasteiger partial charge in [0.05, 0.1) is 6.61 Å². The number of aliphatic hydroxyl groups is 1. The molecule has 0 aliphatic rings. The molecule has 0 saturated heterocycles. The highest BCUT2D eigenvalue weighted by molar-refractivity contribution is 9.10. The van der Waals surface area contributed by atoms with Gasteiger partial charge in [-0.3, -0.25) is 0 Å². The van der Waals surface area contributed by atoms with Gasteiger partial charge in [-0.25, -0.2) is 0 Å². The van der Waals surface area contributed by atoms with Crippen LogP contribution in [-0.2, 0) is 0 Å². The highest BCUT2D eigenvalue weighted by Gasteiger charge is 1.86. The van der Waals surface area contributed by atoms with Gasteiger partial charge in [0.2, 0.25) is 0 Å². The Morgan fingerprint density at radius 2 is 1.14 bits per heavy atom. The topological polar surface area (TPSA) is 20.2 Å². The van der Waals surface area contributed by atoms with Crippen molar-refractivity contribution in [3.05, 3.63) is 80.8 Å². The largest absolute Gasteiger partial charge is 0.392 e. The van der Waals surface area contributed by atoms with Gasteiger partial charge in [0.25, 0.3) is 0 Å². The maximum Gasteiger partial charge on any atom is 0.0615 e. The van der Waals surface area contributed by atoms with Crippen molar-refractivity contribution < 1.29 is 5.11 Å². The van der Waals surface area contributed by atoms with E-state index in [-0.39, 0.29) is 6.61 Å². The van der Waals surface area contributed by atoms with Gasteiger partial charge in [-0.2, -0.15) is 0 Å². The predicted molar refractivity (Wildman–Crippen MR) is 107 cm³/mol. The number of hydrogen-bond donors (Lipinski definition) is 1. The lowest BCUT2D eigenvalue weighted by Crippen LogP contribution is -1.73. The Morgan fingerprint density at radius 1 is 0.727 bits per heavy atom. The Kier molecular flexibility index (Phi) is 10.4. The lowest BCUT2D eigenvalue weighted by molar-refractivity contribution is 0.343. The van der Waals surface area contributed by atoms with Gasteiger partial charge in [0, 0.05) is 14.3 Å². The zero-order chi connectivity index (χ0) is 16.2. The zero-order valence-corrected chi connectivity index (χ0v) is 16.7. The van der Waals surface area contributed by atoms with Gasteiger partial charge < -0.3 is 5.11 Å². The fourth-order valence-electron chi connectivity index (χ4n) is 1.52. The van der Waals surface area contributed by atoms with E-state index in [9.17, 15) is 0 Å². The summed E-state index contributed by atoms with van der Waals surface area (Å²) in [6.45, 7) is 0.0933. The van der Waals surface area contributed by atoms with Crippen LogP contribution in [0.2, 0.25) is 0 Å². The van der Waals surface area contributed by atoms with Crippen LogP contribution in [0.1, 0.15) is 11.1 Å². The molecule has 0 aliphatic heterocycles. The van der Waals surface area contributed by atoms with Crippen molar-refractivity contribution in [2.45, 2.75) is 0 Å². The summed E-state index contributed by atoms with van der Waals surface area (Å²) in [6.07, 6.45) is 7.75. The van der Waals surface area contributed by atoms with Crippen LogP contribution >= 0.6 is 47.8 Å². The van der Waals surface area contributed by atoms with Crippen molar-refractivity contribution in [1.82, 2.24) is 0 Å². The van der Waals surface area contributed by atoms with Crippen molar-refractivity contribution in [3.8, 4) is 0 Å². The van der Waals surface area contributed by atoms with Crippen molar-refractivity contribution in [3.63, 3.8) is 0 Å². The summed E-state index contributed by atoms with van der Waals surface area (Å²) in [7, 11) is 0. The van der Waals surface area contributed by atoms with E-state index >= 15 is 0 Å². The first-order valence-corrected chi connectivity index (χ1v) is 9.37. The monoisotopic (exact) mass is 486 g/mol. The molecule has 0 fully saturated rings. The molecule has 4 heteroatoms. The molecule has 2 aromatic carbocycles. The Labute approximate surface area is 157 Å². The molecule has 0 heterocycles. The molecule has 0 aliphatic carbocycles. The predicted octanol–water partition coefficient (Wildman–Crippen LogP) is 6.31. The standard InChI is InChI=1S/C9H8Br2.C9H9BrO/c10-7-1-2-8-3-5-9(11)6-4-8;10-9-5-3-8(4-6-9)2-1-7-11/h1-6H,7H2;1-6,11H,7H2/b2*2-1+. The minimum atomic E-state index is 0.0933. The molecule has 0 unspecified atom stereocenters. The molecule has 1 nitrogen and oxygen atoms in total. The van der Waals surface area contributed by atoms with Gasteiger partial charge in [0.15, 0.2) is 0 Å². The van der Waals surface area contributed by atoms with Crippen LogP contribution in [0.5, 0.6) is 0 Å². The molecule has 1 N–H and O–H groups in total. The van der Waals surface area contributed by atoms with Gasteiger partial charge in [-0.05, 0) is 35.4 Å². The zero-order valence-electron chi connectivity index (χ0n) is 11.9. The second-order valence-electron chi connectivity index (χ2n) is 4.24. The van der Waals surface area contributed by atoms with E-state index < -0.39 is 0 Å². The number of alkyl halides is 1. The van der Waals surface area contributed by atoms with Crippen LogP contribution in [0.3, 0.4) is 0 Å². The first-order chi connectivity index (χ1) is 10.7. The van der Waals surface area contributed by atoms with E-state index in [1.165, 1.54) is 5.56 Å². The molecule has 0 aromatic heterocycles. The molecule has 0 spiro atoms. The third kappa shape index (κ3) is 8.69. The first-order valence-electron chi connectivity index (χ1n) is 6.66. The fraction of sp³-hybridized carbons (Fsp3) is 0.111. The molecule has 116 valence electrons. The molecule has 2 rings (SSSR count). The number of halogens is 3. The number of rotatable bonds is 4. The van der Waals surface area contributed by atoms with Gasteiger partial charge in [-0.15, -0.1) is 0 Å². The van der Waals surface area contributed by atoms with Crippen molar-refractivity contribution in [2.75, 3.05) is 11.9 Å². The average molecular weight is 489 g/mol. The maximum atomic E-state index is 8.49. The third-order valence-corrected chi connectivity index (χ3v) is 3.99. The lowest BCUT2D eigenvalue weighted by atomic mass is 10.2. The number of allylic oxidation sites excluding steroid dienone is 1. The SMILES string of the molecule is BrC/C=C/c1ccc(Br)cc1.OC/C=C/c1ccc(Br)cc1. The van der Waals surface area contributed by atoms with Gasteiger partial charge in [0.1, 0.15) is 0 Å². The first kappa shape index (κ1) is 19.4. The molecule has 2 aromatic rings. The highest BCUT2D eigenvalue weighted by Crippen LogP contribution is 2.12. The van der Waals surface area contributed by atoms with Crippen LogP contribution in [-0.4, -0.2) is 17.0 Å². The van der Waals surface area contributed by atoms with Gasteiger partial charge >= 0.3 is 0 Å². The van der Waals surface area contributed by atoms with Crippen LogP contribution < -0.4 is 0 Å². The van der Waals surface area contributed by atoms with E-state index in [1.54, 1.807) is 6.08 Å². The summed E-state index contributed by atoms with van der Waals surface area (Å²) >= 11 is 10.0. The molecule has 0 saturated carbocycles. The Morgan fingerprint density at radius 3 is 1.50 bits per heavy atom. The highest BCUT2D eigenvalue weighted by atomic mass is 79.9. The Balaban J connectivity index is 0.000000220. The Hall–Kier alpha value is -0.680. The van der Waals surface area contributed by atoms with Crippen molar-refractivity contribution in [1.29, 1.82) is 0 Å². The summed E-state index contributed by atoms with van der Waals surface area (Å²) in [5, 5.41) is 9.39. The van der Waals surface area contributed by atoms with Crippen LogP contribution in [0, 0.1) is 0 Å². The number of benzene rings is 2. The maximum absolute atomic E-state index is 8.49. The molecule has 22 heavy (non-hydrogen) atoms.